The van der Waals surface area contributed by atoms with Gasteiger partial charge >= 0.3 is 12.1 Å². The van der Waals surface area contributed by atoms with Crippen LogP contribution >= 0.6 is 0 Å². The average Bonchev–Trinajstić information content (AvgIpc) is 2.59. The first-order chi connectivity index (χ1) is 12.4. The highest BCUT2D eigenvalue weighted by atomic mass is 32.2. The topological polar surface area (TPSA) is 79.7 Å². The summed E-state index contributed by atoms with van der Waals surface area (Å²) in [5.41, 5.74) is -0.157. The van der Waals surface area contributed by atoms with E-state index in [0.29, 0.717) is 5.06 Å². The molecule has 2 rings (SSSR count). The van der Waals surface area contributed by atoms with Crippen molar-refractivity contribution < 1.29 is 40.3 Å². The summed E-state index contributed by atoms with van der Waals surface area (Å²) in [6, 6.07) is 2.19. The van der Waals surface area contributed by atoms with Gasteiger partial charge in [0.2, 0.25) is 0 Å². The lowest BCUT2D eigenvalue weighted by Crippen LogP contribution is -2.41. The van der Waals surface area contributed by atoms with E-state index in [1.165, 1.54) is 19.1 Å². The normalized spacial score (nSPS) is 16.0. The Balaban J connectivity index is 2.29. The molecule has 0 fully saturated rings. The van der Waals surface area contributed by atoms with Crippen LogP contribution in [0.3, 0.4) is 0 Å². The first-order valence-electron chi connectivity index (χ1n) is 7.53. The molecule has 1 aromatic heterocycles. The van der Waals surface area contributed by atoms with Gasteiger partial charge in [0, 0.05) is 0 Å². The molecule has 0 saturated heterocycles. The van der Waals surface area contributed by atoms with Crippen molar-refractivity contribution in [2.45, 2.75) is 19.0 Å². The molecule has 0 aromatic carbocycles. The third-order valence-electron chi connectivity index (χ3n) is 3.57. The summed E-state index contributed by atoms with van der Waals surface area (Å²) in [6.07, 6.45) is -2.17. The minimum absolute atomic E-state index is 0.0181. The van der Waals surface area contributed by atoms with Crippen LogP contribution in [0.5, 0.6) is 5.75 Å². The van der Waals surface area contributed by atoms with E-state index in [4.69, 9.17) is 0 Å². The number of ether oxygens (including phenoxy) is 1. The second-order valence-corrected chi connectivity index (χ2v) is 7.72. The van der Waals surface area contributed by atoms with Gasteiger partial charge in [-0.1, -0.05) is 13.0 Å². The van der Waals surface area contributed by atoms with Crippen molar-refractivity contribution in [3.8, 4) is 5.75 Å². The number of pyridine rings is 1. The summed E-state index contributed by atoms with van der Waals surface area (Å²) in [5, 5.41) is 10.6. The lowest BCUT2D eigenvalue weighted by Gasteiger charge is -2.24. The SMILES string of the molecule is CCS(=O)(=O)C1=C(c2ccc(OCC(F)(F)C(F)(F)F)cn2)N(O)CC=C1. The number of alkyl halides is 5. The van der Waals surface area contributed by atoms with Crippen molar-refractivity contribution in [3.63, 3.8) is 0 Å². The van der Waals surface area contributed by atoms with E-state index in [1.807, 2.05) is 0 Å². The Hall–Kier alpha value is -2.21. The number of aromatic nitrogens is 1. The zero-order valence-electron chi connectivity index (χ0n) is 13.9. The van der Waals surface area contributed by atoms with Crippen molar-refractivity contribution in [1.82, 2.24) is 10.0 Å². The van der Waals surface area contributed by atoms with Crippen LogP contribution in [0.4, 0.5) is 22.0 Å². The van der Waals surface area contributed by atoms with Gasteiger partial charge in [-0.15, -0.1) is 0 Å². The van der Waals surface area contributed by atoms with Gasteiger partial charge in [0.1, 0.15) is 11.4 Å². The Morgan fingerprint density at radius 2 is 1.93 bits per heavy atom. The van der Waals surface area contributed by atoms with Crippen LogP contribution in [0, 0.1) is 0 Å². The van der Waals surface area contributed by atoms with Gasteiger partial charge in [-0.2, -0.15) is 22.0 Å². The van der Waals surface area contributed by atoms with E-state index in [2.05, 4.69) is 9.72 Å². The fraction of sp³-hybridized carbons (Fsp3) is 0.400. The average molecular weight is 414 g/mol. The smallest absolute Gasteiger partial charge is 0.456 e. The summed E-state index contributed by atoms with van der Waals surface area (Å²) >= 11 is 0. The molecule has 12 heteroatoms. The quantitative estimate of drug-likeness (QED) is 0.721. The molecule has 1 aliphatic rings. The summed E-state index contributed by atoms with van der Waals surface area (Å²) < 4.78 is 90.9. The molecule has 1 aromatic rings. The maximum Gasteiger partial charge on any atom is 0.456 e. The van der Waals surface area contributed by atoms with Gasteiger partial charge in [-0.25, -0.2) is 13.5 Å². The predicted molar refractivity (Wildman–Crippen MR) is 84.7 cm³/mol. The highest BCUT2D eigenvalue weighted by molar-refractivity contribution is 7.95. The highest BCUT2D eigenvalue weighted by Gasteiger charge is 2.58. The number of hydrogen-bond donors (Lipinski definition) is 1. The first kappa shape index (κ1) is 21.1. The zero-order chi connectivity index (χ0) is 20.5. The Bertz CT molecular complexity index is 848. The Labute approximate surface area is 151 Å². The van der Waals surface area contributed by atoms with Crippen LogP contribution in [-0.2, 0) is 9.84 Å². The van der Waals surface area contributed by atoms with E-state index in [9.17, 15) is 35.6 Å². The standard InChI is InChI=1S/C15H15F5N2O4S/c1-2-27(24,25)12-4-3-7-22(23)13(12)11-6-5-10(8-21-11)26-9-14(16,17)15(18,19)20/h3-6,8,23H,2,7,9H2,1H3. The molecule has 1 aliphatic heterocycles. The predicted octanol–water partition coefficient (Wildman–Crippen LogP) is 3.02. The molecule has 0 saturated carbocycles. The molecule has 0 unspecified atom stereocenters. The summed E-state index contributed by atoms with van der Waals surface area (Å²) in [4.78, 5) is 3.61. The third-order valence-corrected chi connectivity index (χ3v) is 5.33. The molecule has 2 heterocycles. The van der Waals surface area contributed by atoms with Gasteiger partial charge in [-0.3, -0.25) is 10.2 Å². The Kier molecular flexibility index (Phi) is 5.80. The van der Waals surface area contributed by atoms with Crippen LogP contribution in [0.25, 0.3) is 5.70 Å². The maximum absolute atomic E-state index is 12.9. The maximum atomic E-state index is 12.9. The second-order valence-electron chi connectivity index (χ2n) is 5.47. The number of nitrogens with zero attached hydrogens (tertiary/aromatic N) is 2. The third kappa shape index (κ3) is 4.56. The minimum atomic E-state index is -5.75. The Morgan fingerprint density at radius 3 is 2.44 bits per heavy atom. The number of halogens is 5. The van der Waals surface area contributed by atoms with Crippen molar-refractivity contribution in [2.24, 2.45) is 0 Å². The fourth-order valence-corrected chi connectivity index (χ4v) is 3.20. The lowest BCUT2D eigenvalue weighted by molar-refractivity contribution is -0.290. The molecule has 0 bridgehead atoms. The lowest BCUT2D eigenvalue weighted by atomic mass is 10.2. The molecular formula is C15H15F5N2O4S. The van der Waals surface area contributed by atoms with Crippen LogP contribution < -0.4 is 4.74 Å². The first-order valence-corrected chi connectivity index (χ1v) is 9.18. The summed E-state index contributed by atoms with van der Waals surface area (Å²) in [5.74, 6) is -5.65. The molecule has 6 nitrogen and oxygen atoms in total. The van der Waals surface area contributed by atoms with Crippen LogP contribution in [0.15, 0.2) is 35.4 Å². The van der Waals surface area contributed by atoms with E-state index in [0.717, 1.165) is 18.3 Å². The molecule has 0 radical (unpaired) electrons. The molecular weight excluding hydrogens is 399 g/mol. The molecule has 0 amide bonds. The number of sulfone groups is 1. The van der Waals surface area contributed by atoms with Crippen LogP contribution in [-0.4, -0.2) is 54.7 Å². The molecule has 150 valence electrons. The van der Waals surface area contributed by atoms with Crippen molar-refractivity contribution in [3.05, 3.63) is 41.1 Å². The van der Waals surface area contributed by atoms with E-state index in [1.54, 1.807) is 0 Å². The van der Waals surface area contributed by atoms with E-state index in [-0.39, 0.29) is 34.3 Å². The molecule has 0 spiro atoms. The minimum Gasteiger partial charge on any atom is -0.485 e. The van der Waals surface area contributed by atoms with Gasteiger partial charge < -0.3 is 4.74 Å². The number of hydroxylamine groups is 2. The van der Waals surface area contributed by atoms with Gasteiger partial charge in [-0.05, 0) is 18.2 Å². The van der Waals surface area contributed by atoms with E-state index < -0.39 is 28.5 Å². The monoisotopic (exact) mass is 414 g/mol. The molecule has 0 aliphatic carbocycles. The van der Waals surface area contributed by atoms with Crippen LogP contribution in [0.2, 0.25) is 0 Å². The van der Waals surface area contributed by atoms with E-state index >= 15 is 0 Å². The highest BCUT2D eigenvalue weighted by Crippen LogP contribution is 2.36. The molecule has 0 atom stereocenters. The van der Waals surface area contributed by atoms with Crippen molar-refractivity contribution in [1.29, 1.82) is 0 Å². The largest absolute Gasteiger partial charge is 0.485 e. The summed E-state index contributed by atoms with van der Waals surface area (Å²) in [7, 11) is -3.71. The molecule has 27 heavy (non-hydrogen) atoms. The van der Waals surface area contributed by atoms with Gasteiger partial charge in [0.25, 0.3) is 0 Å². The summed E-state index contributed by atoms with van der Waals surface area (Å²) in [6.45, 7) is -0.532. The number of rotatable bonds is 6. The molecule has 1 N–H and O–H groups in total. The fourth-order valence-electron chi connectivity index (χ4n) is 2.08. The van der Waals surface area contributed by atoms with Gasteiger partial charge in [0.15, 0.2) is 16.4 Å². The van der Waals surface area contributed by atoms with Crippen molar-refractivity contribution in [2.75, 3.05) is 18.9 Å². The van der Waals surface area contributed by atoms with Crippen molar-refractivity contribution >= 4 is 15.5 Å². The second kappa shape index (κ2) is 7.43. The number of hydrogen-bond acceptors (Lipinski definition) is 6. The van der Waals surface area contributed by atoms with Crippen LogP contribution in [0.1, 0.15) is 12.6 Å². The van der Waals surface area contributed by atoms with Gasteiger partial charge in [0.05, 0.1) is 29.1 Å². The zero-order valence-corrected chi connectivity index (χ0v) is 14.7. The number of allylic oxidation sites excluding steroid dienone is 1. The Morgan fingerprint density at radius 1 is 1.26 bits per heavy atom.